The van der Waals surface area contributed by atoms with Gasteiger partial charge in [-0.05, 0) is 6.92 Å². The number of rotatable bonds is 5. The summed E-state index contributed by atoms with van der Waals surface area (Å²) in [6.45, 7) is 2.37. The molecule has 1 aliphatic heterocycles. The van der Waals surface area contributed by atoms with E-state index in [1.165, 1.54) is 24.4 Å². The molecule has 132 valence electrons. The van der Waals surface area contributed by atoms with Gasteiger partial charge in [-0.25, -0.2) is 4.98 Å². The van der Waals surface area contributed by atoms with Gasteiger partial charge in [-0.1, -0.05) is 5.16 Å². The maximum Gasteiger partial charge on any atom is 0.274 e. The van der Waals surface area contributed by atoms with Crippen LogP contribution in [0.4, 0.5) is 0 Å². The number of amides is 2. The highest BCUT2D eigenvalue weighted by molar-refractivity contribution is 5.93. The monoisotopic (exact) mass is 346 g/mol. The molecule has 0 spiro atoms. The second-order valence-corrected chi connectivity index (χ2v) is 5.85. The first-order valence-corrected chi connectivity index (χ1v) is 7.68. The smallest absolute Gasteiger partial charge is 0.274 e. The molecule has 0 aliphatic carbocycles. The number of hydrogen-bond acceptors (Lipinski definition) is 8. The number of aryl methyl sites for hydroxylation is 1. The molecule has 1 fully saturated rings. The van der Waals surface area contributed by atoms with E-state index in [1.807, 2.05) is 0 Å². The van der Waals surface area contributed by atoms with Gasteiger partial charge in [0.15, 0.2) is 5.82 Å². The predicted molar refractivity (Wildman–Crippen MR) is 83.1 cm³/mol. The number of methoxy groups -OCH3 is 1. The van der Waals surface area contributed by atoms with Crippen LogP contribution in [0.2, 0.25) is 0 Å². The summed E-state index contributed by atoms with van der Waals surface area (Å²) in [6.07, 6.45) is 2.93. The van der Waals surface area contributed by atoms with Crippen molar-refractivity contribution >= 4 is 11.8 Å². The van der Waals surface area contributed by atoms with Crippen molar-refractivity contribution < 1.29 is 18.8 Å². The molecule has 25 heavy (non-hydrogen) atoms. The first-order chi connectivity index (χ1) is 12.0. The Morgan fingerprint density at radius 2 is 2.16 bits per heavy atom. The van der Waals surface area contributed by atoms with Crippen LogP contribution in [0.3, 0.4) is 0 Å². The van der Waals surface area contributed by atoms with Crippen molar-refractivity contribution in [2.24, 2.45) is 11.7 Å². The molecule has 2 N–H and O–H groups in total. The van der Waals surface area contributed by atoms with E-state index in [4.69, 9.17) is 15.0 Å². The third-order valence-electron chi connectivity index (χ3n) is 4.05. The molecule has 3 heterocycles. The lowest BCUT2D eigenvalue weighted by molar-refractivity contribution is -0.121. The Kier molecular flexibility index (Phi) is 4.70. The summed E-state index contributed by atoms with van der Waals surface area (Å²) in [6, 6.07) is 0. The standard InChI is InChI=1S/C15H18N6O4/c1-8-3-18-11(4-17-8)15(23)21-5-9(13(16)22)10(6-21)14-19-12(7-24-2)20-25-14/h3-4,9-10H,5-7H2,1-2H3,(H2,16,22). The van der Waals surface area contributed by atoms with Gasteiger partial charge in [0, 0.05) is 26.4 Å². The summed E-state index contributed by atoms with van der Waals surface area (Å²) >= 11 is 0. The van der Waals surface area contributed by atoms with Crippen LogP contribution < -0.4 is 5.73 Å². The molecule has 2 aromatic rings. The Morgan fingerprint density at radius 1 is 1.36 bits per heavy atom. The molecule has 0 aromatic carbocycles. The van der Waals surface area contributed by atoms with E-state index in [9.17, 15) is 9.59 Å². The topological polar surface area (TPSA) is 137 Å². The summed E-state index contributed by atoms with van der Waals surface area (Å²) in [5.41, 5.74) is 6.41. The van der Waals surface area contributed by atoms with Crippen molar-refractivity contribution in [3.63, 3.8) is 0 Å². The average molecular weight is 346 g/mol. The van der Waals surface area contributed by atoms with E-state index in [0.717, 1.165) is 0 Å². The minimum absolute atomic E-state index is 0.163. The highest BCUT2D eigenvalue weighted by Gasteiger charge is 2.43. The number of ether oxygens (including phenoxy) is 1. The first-order valence-electron chi connectivity index (χ1n) is 7.68. The molecule has 0 radical (unpaired) electrons. The van der Waals surface area contributed by atoms with E-state index in [1.54, 1.807) is 6.92 Å². The van der Waals surface area contributed by atoms with Gasteiger partial charge in [0.05, 0.1) is 23.7 Å². The number of aromatic nitrogens is 4. The summed E-state index contributed by atoms with van der Waals surface area (Å²) in [5.74, 6) is -1.29. The fourth-order valence-corrected chi connectivity index (χ4v) is 2.78. The number of carbonyl (C=O) groups excluding carboxylic acids is 2. The van der Waals surface area contributed by atoms with Crippen LogP contribution in [0.1, 0.15) is 33.8 Å². The van der Waals surface area contributed by atoms with E-state index >= 15 is 0 Å². The van der Waals surface area contributed by atoms with Gasteiger partial charge >= 0.3 is 0 Å². The summed E-state index contributed by atoms with van der Waals surface area (Å²) in [4.78, 5) is 38.3. The van der Waals surface area contributed by atoms with E-state index in [-0.39, 0.29) is 37.2 Å². The highest BCUT2D eigenvalue weighted by Crippen LogP contribution is 2.32. The molecule has 2 unspecified atom stereocenters. The van der Waals surface area contributed by atoms with Crippen molar-refractivity contribution in [1.82, 2.24) is 25.0 Å². The fraction of sp³-hybridized carbons (Fsp3) is 0.467. The van der Waals surface area contributed by atoms with E-state index < -0.39 is 17.7 Å². The Bertz CT molecular complexity index is 775. The van der Waals surface area contributed by atoms with Crippen LogP contribution >= 0.6 is 0 Å². The zero-order chi connectivity index (χ0) is 18.0. The van der Waals surface area contributed by atoms with Crippen molar-refractivity contribution in [2.45, 2.75) is 19.4 Å². The molecular formula is C15H18N6O4. The lowest BCUT2D eigenvalue weighted by atomic mass is 9.95. The van der Waals surface area contributed by atoms with Crippen LogP contribution in [0.25, 0.3) is 0 Å². The summed E-state index contributed by atoms with van der Waals surface area (Å²) in [7, 11) is 1.51. The number of likely N-dealkylation sites (tertiary alicyclic amines) is 1. The first kappa shape index (κ1) is 17.0. The molecule has 1 aliphatic rings. The van der Waals surface area contributed by atoms with Crippen molar-refractivity contribution in [1.29, 1.82) is 0 Å². The van der Waals surface area contributed by atoms with Crippen LogP contribution in [-0.2, 0) is 16.1 Å². The van der Waals surface area contributed by atoms with E-state index in [2.05, 4.69) is 20.1 Å². The molecule has 10 nitrogen and oxygen atoms in total. The number of carbonyl (C=O) groups is 2. The minimum Gasteiger partial charge on any atom is -0.377 e. The molecule has 0 saturated carbocycles. The van der Waals surface area contributed by atoms with Crippen LogP contribution in [-0.4, -0.2) is 57.0 Å². The molecule has 1 saturated heterocycles. The third-order valence-corrected chi connectivity index (χ3v) is 4.05. The number of primary amides is 1. The van der Waals surface area contributed by atoms with Crippen molar-refractivity contribution in [3.8, 4) is 0 Å². The van der Waals surface area contributed by atoms with Gasteiger partial charge < -0.3 is 19.9 Å². The van der Waals surface area contributed by atoms with Gasteiger partial charge in [-0.2, -0.15) is 4.98 Å². The molecule has 2 atom stereocenters. The maximum absolute atomic E-state index is 12.6. The Labute approximate surface area is 143 Å². The lowest BCUT2D eigenvalue weighted by Gasteiger charge is -2.14. The second kappa shape index (κ2) is 6.93. The van der Waals surface area contributed by atoms with Gasteiger partial charge in [0.1, 0.15) is 12.3 Å². The van der Waals surface area contributed by atoms with Gasteiger partial charge in [0.2, 0.25) is 11.8 Å². The maximum atomic E-state index is 12.6. The minimum atomic E-state index is -0.613. The quantitative estimate of drug-likeness (QED) is 0.776. The molecule has 2 amide bonds. The highest BCUT2D eigenvalue weighted by atomic mass is 16.5. The Morgan fingerprint density at radius 3 is 2.80 bits per heavy atom. The zero-order valence-electron chi connectivity index (χ0n) is 13.9. The number of nitrogens with two attached hydrogens (primary N) is 1. The average Bonchev–Trinajstić information content (AvgIpc) is 3.22. The normalized spacial score (nSPS) is 20.0. The van der Waals surface area contributed by atoms with Crippen LogP contribution in [0.15, 0.2) is 16.9 Å². The van der Waals surface area contributed by atoms with Gasteiger partial charge in [-0.15, -0.1) is 0 Å². The molecule has 10 heteroatoms. The van der Waals surface area contributed by atoms with Crippen LogP contribution in [0, 0.1) is 12.8 Å². The second-order valence-electron chi connectivity index (χ2n) is 5.85. The Hall–Kier alpha value is -2.88. The van der Waals surface area contributed by atoms with Crippen molar-refractivity contribution in [3.05, 3.63) is 35.5 Å². The summed E-state index contributed by atoms with van der Waals surface area (Å²) < 4.78 is 10.2. The van der Waals surface area contributed by atoms with Crippen molar-refractivity contribution in [2.75, 3.05) is 20.2 Å². The molecular weight excluding hydrogens is 328 g/mol. The van der Waals surface area contributed by atoms with Crippen LogP contribution in [0.5, 0.6) is 0 Å². The molecule has 2 aromatic heterocycles. The van der Waals surface area contributed by atoms with Gasteiger partial charge in [0.25, 0.3) is 5.91 Å². The zero-order valence-corrected chi connectivity index (χ0v) is 13.9. The van der Waals surface area contributed by atoms with Gasteiger partial charge in [-0.3, -0.25) is 14.6 Å². The fourth-order valence-electron chi connectivity index (χ4n) is 2.78. The van der Waals surface area contributed by atoms with E-state index in [0.29, 0.717) is 11.5 Å². The SMILES string of the molecule is COCc1noc(C2CN(C(=O)c3cnc(C)cn3)CC2C(N)=O)n1. The summed E-state index contributed by atoms with van der Waals surface area (Å²) in [5, 5.41) is 3.79. The molecule has 3 rings (SSSR count). The predicted octanol–water partition coefficient (Wildman–Crippen LogP) is -0.344. The third kappa shape index (κ3) is 3.48. The number of nitrogens with zero attached hydrogens (tertiary/aromatic N) is 5. The largest absolute Gasteiger partial charge is 0.377 e. The number of hydrogen-bond donors (Lipinski definition) is 1. The Balaban J connectivity index is 1.81. The molecule has 0 bridgehead atoms. The lowest BCUT2D eigenvalue weighted by Crippen LogP contribution is -2.32.